The van der Waals surface area contributed by atoms with Crippen molar-refractivity contribution < 1.29 is 4.79 Å². The molecule has 0 saturated carbocycles. The molecule has 0 bridgehead atoms. The quantitative estimate of drug-likeness (QED) is 0.782. The number of nitrogens with one attached hydrogen (secondary N) is 1. The second kappa shape index (κ2) is 8.63. The van der Waals surface area contributed by atoms with Gasteiger partial charge >= 0.3 is 0 Å². The molecular weight excluding hydrogens is 294 g/mol. The van der Waals surface area contributed by atoms with Crippen molar-refractivity contribution in [2.75, 3.05) is 19.6 Å². The number of likely N-dealkylation sites (tertiary alicyclic amines) is 1. The van der Waals surface area contributed by atoms with E-state index in [0.717, 1.165) is 51.9 Å². The molecule has 1 N–H and O–H groups in total. The van der Waals surface area contributed by atoms with Crippen LogP contribution in [0.3, 0.4) is 0 Å². The highest BCUT2D eigenvalue weighted by molar-refractivity contribution is 7.09. The van der Waals surface area contributed by atoms with Gasteiger partial charge in [-0.2, -0.15) is 0 Å². The minimum atomic E-state index is 0.203. The summed E-state index contributed by atoms with van der Waals surface area (Å²) in [6.45, 7) is 10.3. The Morgan fingerprint density at radius 2 is 2.18 bits per heavy atom. The van der Waals surface area contributed by atoms with Gasteiger partial charge in [-0.1, -0.05) is 27.2 Å². The van der Waals surface area contributed by atoms with Crippen LogP contribution in [0.15, 0.2) is 5.38 Å². The fourth-order valence-corrected chi connectivity index (χ4v) is 3.60. The van der Waals surface area contributed by atoms with Gasteiger partial charge in [0.2, 0.25) is 5.91 Å². The number of piperidine rings is 1. The SMILES string of the molecule is CCCCNC(=O)C1CCN(Cc2csc(C(C)C)n2)CC1. The summed E-state index contributed by atoms with van der Waals surface area (Å²) in [6, 6.07) is 0. The van der Waals surface area contributed by atoms with Crippen LogP contribution in [-0.2, 0) is 11.3 Å². The van der Waals surface area contributed by atoms with E-state index in [0.29, 0.717) is 5.92 Å². The Balaban J connectivity index is 1.73. The molecular formula is C17H29N3OS. The van der Waals surface area contributed by atoms with E-state index >= 15 is 0 Å². The molecule has 0 aromatic carbocycles. The number of unbranched alkanes of at least 4 members (excludes halogenated alkanes) is 1. The lowest BCUT2D eigenvalue weighted by Crippen LogP contribution is -2.40. The van der Waals surface area contributed by atoms with Crippen molar-refractivity contribution in [2.24, 2.45) is 5.92 Å². The minimum Gasteiger partial charge on any atom is -0.356 e. The van der Waals surface area contributed by atoms with Gasteiger partial charge in [0.15, 0.2) is 0 Å². The molecule has 2 rings (SSSR count). The zero-order chi connectivity index (χ0) is 15.9. The van der Waals surface area contributed by atoms with Crippen LogP contribution in [-0.4, -0.2) is 35.4 Å². The summed E-state index contributed by atoms with van der Waals surface area (Å²) in [5.41, 5.74) is 1.18. The molecule has 1 aliphatic rings. The number of carbonyl (C=O) groups excluding carboxylic acids is 1. The smallest absolute Gasteiger partial charge is 0.223 e. The first-order chi connectivity index (χ1) is 10.6. The van der Waals surface area contributed by atoms with Crippen molar-refractivity contribution in [2.45, 2.75) is 58.9 Å². The number of hydrogen-bond acceptors (Lipinski definition) is 4. The lowest BCUT2D eigenvalue weighted by Gasteiger charge is -2.30. The molecule has 22 heavy (non-hydrogen) atoms. The maximum atomic E-state index is 12.1. The van der Waals surface area contributed by atoms with Gasteiger partial charge in [-0.15, -0.1) is 11.3 Å². The highest BCUT2D eigenvalue weighted by Crippen LogP contribution is 2.22. The number of hydrogen-bond donors (Lipinski definition) is 1. The van der Waals surface area contributed by atoms with E-state index in [1.165, 1.54) is 10.7 Å². The van der Waals surface area contributed by atoms with Gasteiger partial charge in [-0.3, -0.25) is 9.69 Å². The van der Waals surface area contributed by atoms with Crippen LogP contribution in [0.4, 0.5) is 0 Å². The first-order valence-electron chi connectivity index (χ1n) is 8.54. The van der Waals surface area contributed by atoms with Crippen LogP contribution >= 0.6 is 11.3 Å². The monoisotopic (exact) mass is 323 g/mol. The average molecular weight is 324 g/mol. The van der Waals surface area contributed by atoms with E-state index in [4.69, 9.17) is 4.98 Å². The molecule has 1 amide bonds. The summed E-state index contributed by atoms with van der Waals surface area (Å²) in [7, 11) is 0. The predicted molar refractivity (Wildman–Crippen MR) is 92.1 cm³/mol. The number of rotatable bonds is 7. The highest BCUT2D eigenvalue weighted by Gasteiger charge is 2.25. The van der Waals surface area contributed by atoms with Crippen molar-refractivity contribution in [3.63, 3.8) is 0 Å². The third-order valence-corrected chi connectivity index (χ3v) is 5.43. The lowest BCUT2D eigenvalue weighted by atomic mass is 9.96. The average Bonchev–Trinajstić information content (AvgIpc) is 2.97. The predicted octanol–water partition coefficient (Wildman–Crippen LogP) is 3.39. The Kier molecular flexibility index (Phi) is 6.83. The number of carbonyl (C=O) groups is 1. The molecule has 4 nitrogen and oxygen atoms in total. The van der Waals surface area contributed by atoms with E-state index in [2.05, 4.69) is 36.4 Å². The number of thiazole rings is 1. The largest absolute Gasteiger partial charge is 0.356 e. The van der Waals surface area contributed by atoms with Crippen LogP contribution in [0, 0.1) is 5.92 Å². The van der Waals surface area contributed by atoms with E-state index in [1.807, 2.05) is 0 Å². The third-order valence-electron chi connectivity index (χ3n) is 4.24. The van der Waals surface area contributed by atoms with Crippen molar-refractivity contribution in [1.82, 2.24) is 15.2 Å². The van der Waals surface area contributed by atoms with Crippen molar-refractivity contribution in [3.05, 3.63) is 16.1 Å². The molecule has 2 heterocycles. The molecule has 0 unspecified atom stereocenters. The van der Waals surface area contributed by atoms with Crippen LogP contribution in [0.1, 0.15) is 63.1 Å². The Labute approximate surface area is 138 Å². The Bertz CT molecular complexity index is 464. The first-order valence-corrected chi connectivity index (χ1v) is 9.42. The number of amides is 1. The van der Waals surface area contributed by atoms with Gasteiger partial charge in [0, 0.05) is 30.3 Å². The van der Waals surface area contributed by atoms with Gasteiger partial charge in [0.1, 0.15) is 0 Å². The maximum Gasteiger partial charge on any atom is 0.223 e. The molecule has 0 atom stereocenters. The normalized spacial score (nSPS) is 17.1. The van der Waals surface area contributed by atoms with E-state index < -0.39 is 0 Å². The third kappa shape index (κ3) is 5.06. The zero-order valence-electron chi connectivity index (χ0n) is 14.1. The summed E-state index contributed by atoms with van der Waals surface area (Å²) >= 11 is 1.76. The van der Waals surface area contributed by atoms with Gasteiger partial charge in [-0.05, 0) is 32.4 Å². The summed E-state index contributed by atoms with van der Waals surface area (Å²) in [5.74, 6) is 0.968. The molecule has 1 aromatic heterocycles. The molecule has 1 aliphatic heterocycles. The van der Waals surface area contributed by atoms with E-state index in [-0.39, 0.29) is 11.8 Å². The van der Waals surface area contributed by atoms with Crippen LogP contribution in [0.25, 0.3) is 0 Å². The molecule has 1 aromatic rings. The van der Waals surface area contributed by atoms with Crippen LogP contribution in [0.5, 0.6) is 0 Å². The summed E-state index contributed by atoms with van der Waals surface area (Å²) in [6.07, 6.45) is 4.15. The minimum absolute atomic E-state index is 0.203. The summed E-state index contributed by atoms with van der Waals surface area (Å²) in [5, 5.41) is 6.47. The molecule has 0 radical (unpaired) electrons. The Hall–Kier alpha value is -0.940. The molecule has 124 valence electrons. The van der Waals surface area contributed by atoms with Crippen molar-refractivity contribution >= 4 is 17.2 Å². The van der Waals surface area contributed by atoms with Gasteiger partial charge in [-0.25, -0.2) is 4.98 Å². The fourth-order valence-electron chi connectivity index (χ4n) is 2.78. The lowest BCUT2D eigenvalue weighted by molar-refractivity contribution is -0.126. The maximum absolute atomic E-state index is 12.1. The first kappa shape index (κ1) is 17.4. The Morgan fingerprint density at radius 3 is 2.77 bits per heavy atom. The molecule has 1 fully saturated rings. The second-order valence-corrected chi connectivity index (χ2v) is 7.42. The molecule has 0 spiro atoms. The molecule has 0 aliphatic carbocycles. The molecule has 1 saturated heterocycles. The standard InChI is InChI=1S/C17H29N3OS/c1-4-5-8-18-16(21)14-6-9-20(10-7-14)11-15-12-22-17(19-15)13(2)3/h12-14H,4-11H2,1-3H3,(H,18,21). The van der Waals surface area contributed by atoms with Crippen molar-refractivity contribution in [3.8, 4) is 0 Å². The van der Waals surface area contributed by atoms with Gasteiger partial charge in [0.05, 0.1) is 10.7 Å². The topological polar surface area (TPSA) is 45.2 Å². The Morgan fingerprint density at radius 1 is 1.45 bits per heavy atom. The number of nitrogens with zero attached hydrogens (tertiary/aromatic N) is 2. The van der Waals surface area contributed by atoms with Crippen molar-refractivity contribution in [1.29, 1.82) is 0 Å². The van der Waals surface area contributed by atoms with Crippen LogP contribution in [0.2, 0.25) is 0 Å². The van der Waals surface area contributed by atoms with E-state index in [9.17, 15) is 4.79 Å². The highest BCUT2D eigenvalue weighted by atomic mass is 32.1. The zero-order valence-corrected chi connectivity index (χ0v) is 14.9. The summed E-state index contributed by atoms with van der Waals surface area (Å²) < 4.78 is 0. The van der Waals surface area contributed by atoms with Gasteiger partial charge in [0.25, 0.3) is 0 Å². The molecule has 5 heteroatoms. The van der Waals surface area contributed by atoms with E-state index in [1.54, 1.807) is 11.3 Å². The number of aromatic nitrogens is 1. The van der Waals surface area contributed by atoms with Gasteiger partial charge < -0.3 is 5.32 Å². The summed E-state index contributed by atoms with van der Waals surface area (Å²) in [4.78, 5) is 19.2. The fraction of sp³-hybridized carbons (Fsp3) is 0.765. The van der Waals surface area contributed by atoms with Crippen LogP contribution < -0.4 is 5.32 Å². The second-order valence-electron chi connectivity index (χ2n) is 6.53.